The number of carbonyl (C=O) groups excluding carboxylic acids is 1. The Morgan fingerprint density at radius 3 is 2.74 bits per heavy atom. The van der Waals surface area contributed by atoms with Gasteiger partial charge in [-0.2, -0.15) is 10.1 Å². The topological polar surface area (TPSA) is 134 Å². The van der Waals surface area contributed by atoms with Crippen LogP contribution >= 0.6 is 0 Å². The van der Waals surface area contributed by atoms with Gasteiger partial charge in [0.05, 0.1) is 5.39 Å². The van der Waals surface area contributed by atoms with Crippen LogP contribution in [0.1, 0.15) is 42.8 Å². The first-order valence-electron chi connectivity index (χ1n) is 10.9. The maximum absolute atomic E-state index is 15.0. The number of hydrogen-bond donors (Lipinski definition) is 4. The number of nitrogens with one attached hydrogen (secondary N) is 4. The van der Waals surface area contributed by atoms with E-state index in [-0.39, 0.29) is 17.9 Å². The summed E-state index contributed by atoms with van der Waals surface area (Å²) < 4.78 is 20.0. The second-order valence-electron chi connectivity index (χ2n) is 8.85. The Morgan fingerprint density at radius 2 is 2.03 bits per heavy atom. The fourth-order valence-corrected chi connectivity index (χ4v) is 3.36. The minimum Gasteiger partial charge on any atom is -0.367 e. The normalized spacial score (nSPS) is 11.7. The first-order valence-corrected chi connectivity index (χ1v) is 10.9. The van der Waals surface area contributed by atoms with Gasteiger partial charge in [-0.25, -0.2) is 9.37 Å². The Hall–Kier alpha value is -3.86. The first kappa shape index (κ1) is 23.3. The molecule has 0 spiro atoms. The number of benzene rings is 1. The molecule has 0 aliphatic carbocycles. The molecule has 34 heavy (non-hydrogen) atoms. The SMILES string of the molecule is CNCCNc1n[nH]c2nccc(-c3ccc(CNC(=O)c4nc(C(C)(C)C)no4)c(F)c3)c12. The third-order valence-corrected chi connectivity index (χ3v) is 5.22. The first-order chi connectivity index (χ1) is 16.3. The Balaban J connectivity index is 1.51. The number of aromatic amines is 1. The lowest BCUT2D eigenvalue weighted by Crippen LogP contribution is -2.24. The average Bonchev–Trinajstić information content (AvgIpc) is 3.46. The van der Waals surface area contributed by atoms with Crippen LogP contribution in [0.3, 0.4) is 0 Å². The Morgan fingerprint density at radius 1 is 1.21 bits per heavy atom. The average molecular weight is 467 g/mol. The molecule has 4 N–H and O–H groups in total. The number of fused-ring (bicyclic) bond motifs is 1. The highest BCUT2D eigenvalue weighted by Crippen LogP contribution is 2.32. The van der Waals surface area contributed by atoms with Crippen molar-refractivity contribution in [2.45, 2.75) is 32.7 Å². The molecule has 0 unspecified atom stereocenters. The highest BCUT2D eigenvalue weighted by molar-refractivity contribution is 6.00. The molecule has 1 aromatic carbocycles. The van der Waals surface area contributed by atoms with Crippen molar-refractivity contribution in [3.63, 3.8) is 0 Å². The second-order valence-corrected chi connectivity index (χ2v) is 8.85. The Bertz CT molecular complexity index is 1310. The lowest BCUT2D eigenvalue weighted by molar-refractivity contribution is 0.0906. The van der Waals surface area contributed by atoms with Crippen LogP contribution in [-0.2, 0) is 12.0 Å². The molecule has 0 fully saturated rings. The number of halogens is 1. The van der Waals surface area contributed by atoms with E-state index in [9.17, 15) is 9.18 Å². The van der Waals surface area contributed by atoms with Crippen molar-refractivity contribution in [1.29, 1.82) is 0 Å². The number of carbonyl (C=O) groups is 1. The molecule has 0 aliphatic rings. The van der Waals surface area contributed by atoms with Crippen LogP contribution in [0.15, 0.2) is 35.0 Å². The highest BCUT2D eigenvalue weighted by atomic mass is 19.1. The van der Waals surface area contributed by atoms with Gasteiger partial charge >= 0.3 is 11.8 Å². The third kappa shape index (κ3) is 4.88. The van der Waals surface area contributed by atoms with Gasteiger partial charge in [0.25, 0.3) is 0 Å². The van der Waals surface area contributed by atoms with Gasteiger partial charge in [-0.1, -0.05) is 38.1 Å². The van der Waals surface area contributed by atoms with Crippen molar-refractivity contribution < 1.29 is 13.7 Å². The van der Waals surface area contributed by atoms with Gasteiger partial charge in [-0.3, -0.25) is 9.89 Å². The maximum atomic E-state index is 15.0. The van der Waals surface area contributed by atoms with Gasteiger partial charge in [-0.05, 0) is 30.3 Å². The predicted octanol–water partition coefficient (Wildman–Crippen LogP) is 3.01. The molecule has 178 valence electrons. The van der Waals surface area contributed by atoms with Crippen LogP contribution in [0.4, 0.5) is 10.2 Å². The molecule has 0 bridgehead atoms. The number of hydrogen-bond acceptors (Lipinski definition) is 8. The molecule has 0 atom stereocenters. The van der Waals surface area contributed by atoms with Crippen molar-refractivity contribution in [3.8, 4) is 11.1 Å². The van der Waals surface area contributed by atoms with Crippen molar-refractivity contribution in [1.82, 2.24) is 36.0 Å². The monoisotopic (exact) mass is 466 g/mol. The number of pyridine rings is 1. The number of H-pyrrole nitrogens is 1. The number of anilines is 1. The molecule has 0 saturated heterocycles. The van der Waals surface area contributed by atoms with E-state index in [0.29, 0.717) is 35.0 Å². The van der Waals surface area contributed by atoms with E-state index >= 15 is 0 Å². The summed E-state index contributed by atoms with van der Waals surface area (Å²) in [6.07, 6.45) is 1.65. The van der Waals surface area contributed by atoms with Gasteiger partial charge < -0.3 is 20.5 Å². The molecule has 4 aromatic rings. The van der Waals surface area contributed by atoms with Gasteiger partial charge in [0.2, 0.25) is 0 Å². The van der Waals surface area contributed by atoms with Crippen molar-refractivity contribution >= 4 is 22.8 Å². The molecule has 0 radical (unpaired) electrons. The summed E-state index contributed by atoms with van der Waals surface area (Å²) in [6, 6.07) is 6.69. The van der Waals surface area contributed by atoms with E-state index in [2.05, 4.69) is 41.3 Å². The zero-order valence-corrected chi connectivity index (χ0v) is 19.5. The minimum atomic E-state index is -0.557. The molecule has 0 aliphatic heterocycles. The molecule has 3 aromatic heterocycles. The zero-order valence-electron chi connectivity index (χ0n) is 19.5. The summed E-state index contributed by atoms with van der Waals surface area (Å²) in [5, 5.41) is 20.8. The summed E-state index contributed by atoms with van der Waals surface area (Å²) in [6.45, 7) is 7.16. The lowest BCUT2D eigenvalue weighted by Gasteiger charge is -2.11. The molecule has 11 heteroatoms. The zero-order chi connectivity index (χ0) is 24.3. The van der Waals surface area contributed by atoms with Gasteiger partial charge in [0.1, 0.15) is 5.82 Å². The third-order valence-electron chi connectivity index (χ3n) is 5.22. The quantitative estimate of drug-likeness (QED) is 0.291. The molecular weight excluding hydrogens is 439 g/mol. The fraction of sp³-hybridized carbons (Fsp3) is 0.348. The summed E-state index contributed by atoms with van der Waals surface area (Å²) in [5.41, 5.74) is 2.05. The number of rotatable bonds is 8. The number of nitrogens with zero attached hydrogens (tertiary/aromatic N) is 4. The van der Waals surface area contributed by atoms with Crippen LogP contribution in [0, 0.1) is 5.82 Å². The van der Waals surface area contributed by atoms with E-state index in [0.717, 1.165) is 17.5 Å². The molecular formula is C23H27FN8O2. The number of likely N-dealkylation sites (N-methyl/N-ethyl adjacent to an activating group) is 1. The highest BCUT2D eigenvalue weighted by Gasteiger charge is 2.24. The fourth-order valence-electron chi connectivity index (χ4n) is 3.36. The summed E-state index contributed by atoms with van der Waals surface area (Å²) in [7, 11) is 1.87. The van der Waals surface area contributed by atoms with E-state index < -0.39 is 11.7 Å². The van der Waals surface area contributed by atoms with Crippen LogP contribution < -0.4 is 16.0 Å². The number of amides is 1. The molecule has 3 heterocycles. The van der Waals surface area contributed by atoms with Gasteiger partial charge in [0, 0.05) is 36.8 Å². The second kappa shape index (κ2) is 9.56. The molecule has 4 rings (SSSR count). The van der Waals surface area contributed by atoms with Crippen molar-refractivity contribution in [3.05, 3.63) is 53.6 Å². The smallest absolute Gasteiger partial charge is 0.315 e. The standard InChI is InChI=1S/C23H27FN8O2/c1-23(2,3)22-29-21(34-32-22)20(33)28-12-14-6-5-13(11-16(14)24)15-7-8-26-18-17(15)19(31-30-18)27-10-9-25-4/h5-8,11,25H,9-10,12H2,1-4H3,(H,28,33)(H2,26,27,30,31). The minimum absolute atomic E-state index is 0.0214. The Labute approximate surface area is 195 Å². The van der Waals surface area contributed by atoms with Gasteiger partial charge in [-0.15, -0.1) is 0 Å². The maximum Gasteiger partial charge on any atom is 0.315 e. The predicted molar refractivity (Wildman–Crippen MR) is 126 cm³/mol. The van der Waals surface area contributed by atoms with E-state index in [4.69, 9.17) is 4.52 Å². The molecule has 0 saturated carbocycles. The van der Waals surface area contributed by atoms with Crippen LogP contribution in [-0.4, -0.2) is 51.4 Å². The van der Waals surface area contributed by atoms with E-state index in [1.54, 1.807) is 18.3 Å². The van der Waals surface area contributed by atoms with E-state index in [1.807, 2.05) is 33.9 Å². The summed E-state index contributed by atoms with van der Waals surface area (Å²) in [4.78, 5) is 20.8. The largest absolute Gasteiger partial charge is 0.367 e. The van der Waals surface area contributed by atoms with Crippen LogP contribution in [0.25, 0.3) is 22.2 Å². The van der Waals surface area contributed by atoms with E-state index in [1.165, 1.54) is 6.07 Å². The number of aromatic nitrogens is 5. The van der Waals surface area contributed by atoms with Crippen molar-refractivity contribution in [2.24, 2.45) is 0 Å². The van der Waals surface area contributed by atoms with Crippen LogP contribution in [0.5, 0.6) is 0 Å². The summed E-state index contributed by atoms with van der Waals surface area (Å²) in [5.74, 6) is -0.0792. The molecule has 10 nitrogen and oxygen atoms in total. The Kier molecular flexibility index (Phi) is 6.55. The van der Waals surface area contributed by atoms with Crippen molar-refractivity contribution in [2.75, 3.05) is 25.5 Å². The lowest BCUT2D eigenvalue weighted by atomic mass is 9.96. The van der Waals surface area contributed by atoms with Gasteiger partial charge in [0.15, 0.2) is 17.3 Å². The van der Waals surface area contributed by atoms with Crippen LogP contribution in [0.2, 0.25) is 0 Å². The molecule has 1 amide bonds. The summed E-state index contributed by atoms with van der Waals surface area (Å²) >= 11 is 0.